The molecule has 1 aromatic carbocycles. The van der Waals surface area contributed by atoms with Crippen molar-refractivity contribution < 1.29 is 19.4 Å². The highest BCUT2D eigenvalue weighted by Gasteiger charge is 2.27. The number of ether oxygens (including phenoxy) is 1. The first-order chi connectivity index (χ1) is 9.99. The van der Waals surface area contributed by atoms with E-state index in [1.807, 2.05) is 30.0 Å². The molecule has 1 unspecified atom stereocenters. The molecule has 0 saturated carbocycles. The highest BCUT2D eigenvalue weighted by molar-refractivity contribution is 5.86. The lowest BCUT2D eigenvalue weighted by Crippen LogP contribution is -2.52. The van der Waals surface area contributed by atoms with Crippen LogP contribution in [0.1, 0.15) is 11.1 Å². The van der Waals surface area contributed by atoms with Gasteiger partial charge in [-0.05, 0) is 36.3 Å². The summed E-state index contributed by atoms with van der Waals surface area (Å²) in [6.07, 6.45) is 2.65. The molecule has 0 aromatic heterocycles. The number of hydrogen-bond acceptors (Lipinski definition) is 4. The van der Waals surface area contributed by atoms with Gasteiger partial charge in [0, 0.05) is 18.3 Å². The van der Waals surface area contributed by atoms with Crippen LogP contribution in [0.15, 0.2) is 24.3 Å². The van der Waals surface area contributed by atoms with Gasteiger partial charge in [-0.25, -0.2) is 4.79 Å². The van der Waals surface area contributed by atoms with Crippen molar-refractivity contribution >= 4 is 23.6 Å². The van der Waals surface area contributed by atoms with Gasteiger partial charge in [-0.3, -0.25) is 4.79 Å². The number of amides is 1. The fraction of sp³-hybridized carbons (Fsp3) is 0.333. The van der Waals surface area contributed by atoms with Crippen molar-refractivity contribution in [1.29, 1.82) is 0 Å². The van der Waals surface area contributed by atoms with Crippen LogP contribution < -0.4 is 10.6 Å². The summed E-state index contributed by atoms with van der Waals surface area (Å²) >= 11 is 0. The van der Waals surface area contributed by atoms with Crippen molar-refractivity contribution in [2.24, 2.45) is 5.73 Å². The van der Waals surface area contributed by atoms with E-state index in [0.29, 0.717) is 13.2 Å². The number of carbonyl (C=O) groups excluding carboxylic acids is 1. The Morgan fingerprint density at radius 2 is 2.24 bits per heavy atom. The molecular formula is C15H18N2O4. The Morgan fingerprint density at radius 3 is 2.86 bits per heavy atom. The van der Waals surface area contributed by atoms with Crippen molar-refractivity contribution in [2.75, 3.05) is 24.7 Å². The third kappa shape index (κ3) is 3.61. The first-order valence-electron chi connectivity index (χ1n) is 6.64. The van der Waals surface area contributed by atoms with Crippen LogP contribution in [0.5, 0.6) is 0 Å². The largest absolute Gasteiger partial charge is 0.478 e. The number of aliphatic carboxylic acids is 1. The molecule has 1 heterocycles. The first kappa shape index (κ1) is 15.1. The predicted molar refractivity (Wildman–Crippen MR) is 79.0 cm³/mol. The number of anilines is 1. The van der Waals surface area contributed by atoms with Crippen LogP contribution >= 0.6 is 0 Å². The molecule has 6 nitrogen and oxygen atoms in total. The molecule has 112 valence electrons. The second-order valence-corrected chi connectivity index (χ2v) is 4.90. The Hall–Kier alpha value is -2.34. The van der Waals surface area contributed by atoms with Gasteiger partial charge >= 0.3 is 5.97 Å². The normalized spacial score (nSPS) is 18.9. The number of aryl methyl sites for hydroxylation is 1. The topological polar surface area (TPSA) is 92.9 Å². The van der Waals surface area contributed by atoms with Gasteiger partial charge < -0.3 is 20.5 Å². The third-order valence-electron chi connectivity index (χ3n) is 3.45. The van der Waals surface area contributed by atoms with Crippen LogP contribution in [0.4, 0.5) is 5.69 Å². The van der Waals surface area contributed by atoms with E-state index in [9.17, 15) is 9.59 Å². The molecular weight excluding hydrogens is 272 g/mol. The van der Waals surface area contributed by atoms with E-state index in [-0.39, 0.29) is 6.61 Å². The number of nitrogens with two attached hydrogens (primary N) is 1. The number of nitrogens with zero attached hydrogens (tertiary/aromatic N) is 1. The van der Waals surface area contributed by atoms with Gasteiger partial charge in [0.05, 0.1) is 13.2 Å². The Kier molecular flexibility index (Phi) is 4.59. The van der Waals surface area contributed by atoms with E-state index in [1.165, 1.54) is 0 Å². The minimum absolute atomic E-state index is 0.287. The fourth-order valence-corrected chi connectivity index (χ4v) is 2.34. The van der Waals surface area contributed by atoms with E-state index in [1.54, 1.807) is 6.08 Å². The smallest absolute Gasteiger partial charge is 0.328 e. The standard InChI is InChI=1S/C15H18N2O4/c1-10-8-12(4-2-11(10)3-5-14(18)19)17-6-7-21-9-13(17)15(16)20/h2-5,8,13H,6-7,9H2,1H3,(H2,16,20)(H,18,19)/b5-3+. The fourth-order valence-electron chi connectivity index (χ4n) is 2.34. The summed E-state index contributed by atoms with van der Waals surface area (Å²) in [5, 5.41) is 8.66. The summed E-state index contributed by atoms with van der Waals surface area (Å²) in [5.74, 6) is -1.40. The number of rotatable bonds is 4. The Labute approximate surface area is 122 Å². The molecule has 1 amide bonds. The average molecular weight is 290 g/mol. The summed E-state index contributed by atoms with van der Waals surface area (Å²) < 4.78 is 5.30. The molecule has 3 N–H and O–H groups in total. The molecule has 21 heavy (non-hydrogen) atoms. The summed E-state index contributed by atoms with van der Waals surface area (Å²) in [7, 11) is 0. The molecule has 1 aliphatic heterocycles. The summed E-state index contributed by atoms with van der Waals surface area (Å²) in [6.45, 7) is 3.32. The van der Waals surface area contributed by atoms with Gasteiger partial charge in [0.15, 0.2) is 0 Å². The minimum Gasteiger partial charge on any atom is -0.478 e. The van der Waals surface area contributed by atoms with Crippen LogP contribution in [0.3, 0.4) is 0 Å². The maximum atomic E-state index is 11.5. The number of carboxylic acid groups (broad SMARTS) is 1. The molecule has 0 radical (unpaired) electrons. The van der Waals surface area contributed by atoms with Gasteiger partial charge in [-0.1, -0.05) is 6.07 Å². The number of carboxylic acids is 1. The lowest BCUT2D eigenvalue weighted by Gasteiger charge is -2.35. The van der Waals surface area contributed by atoms with Crippen LogP contribution in [-0.2, 0) is 14.3 Å². The molecule has 1 aromatic rings. The predicted octanol–water partition coefficient (Wildman–Crippen LogP) is 0.783. The second-order valence-electron chi connectivity index (χ2n) is 4.90. The molecule has 2 rings (SSSR count). The summed E-state index contributed by atoms with van der Waals surface area (Å²) in [4.78, 5) is 24.0. The zero-order valence-electron chi connectivity index (χ0n) is 11.8. The van der Waals surface area contributed by atoms with Crippen molar-refractivity contribution in [1.82, 2.24) is 0 Å². The second kappa shape index (κ2) is 6.41. The van der Waals surface area contributed by atoms with Crippen LogP contribution in [0, 0.1) is 6.92 Å². The number of carbonyl (C=O) groups is 2. The number of primary amides is 1. The first-order valence-corrected chi connectivity index (χ1v) is 6.64. The van der Waals surface area contributed by atoms with Gasteiger partial charge in [-0.2, -0.15) is 0 Å². The number of morpholine rings is 1. The maximum absolute atomic E-state index is 11.5. The van der Waals surface area contributed by atoms with Crippen molar-refractivity contribution in [3.8, 4) is 0 Å². The zero-order valence-corrected chi connectivity index (χ0v) is 11.8. The van der Waals surface area contributed by atoms with Crippen molar-refractivity contribution in [2.45, 2.75) is 13.0 Å². The molecule has 0 aliphatic carbocycles. The highest BCUT2D eigenvalue weighted by Crippen LogP contribution is 2.23. The Bertz CT molecular complexity index is 583. The molecule has 1 aliphatic rings. The van der Waals surface area contributed by atoms with Gasteiger partial charge in [0.2, 0.25) is 5.91 Å². The van der Waals surface area contributed by atoms with Gasteiger partial charge in [0.25, 0.3) is 0 Å². The SMILES string of the molecule is Cc1cc(N2CCOCC2C(N)=O)ccc1/C=C/C(=O)O. The maximum Gasteiger partial charge on any atom is 0.328 e. The van der Waals surface area contributed by atoms with E-state index >= 15 is 0 Å². The van der Waals surface area contributed by atoms with Crippen LogP contribution in [0.25, 0.3) is 6.08 Å². The molecule has 6 heteroatoms. The Balaban J connectivity index is 2.26. The van der Waals surface area contributed by atoms with Gasteiger partial charge in [0.1, 0.15) is 6.04 Å². The van der Waals surface area contributed by atoms with E-state index in [2.05, 4.69) is 0 Å². The average Bonchev–Trinajstić information content (AvgIpc) is 2.45. The van der Waals surface area contributed by atoms with Crippen LogP contribution in [0.2, 0.25) is 0 Å². The highest BCUT2D eigenvalue weighted by atomic mass is 16.5. The van der Waals surface area contributed by atoms with Gasteiger partial charge in [-0.15, -0.1) is 0 Å². The quantitative estimate of drug-likeness (QED) is 0.799. The lowest BCUT2D eigenvalue weighted by molar-refractivity contribution is -0.131. The molecule has 1 saturated heterocycles. The Morgan fingerprint density at radius 1 is 1.48 bits per heavy atom. The molecule has 1 atom stereocenters. The number of hydrogen-bond donors (Lipinski definition) is 2. The summed E-state index contributed by atoms with van der Waals surface area (Å²) in [6, 6.07) is 5.13. The monoisotopic (exact) mass is 290 g/mol. The minimum atomic E-state index is -0.986. The third-order valence-corrected chi connectivity index (χ3v) is 3.45. The van der Waals surface area contributed by atoms with Crippen molar-refractivity contribution in [3.05, 3.63) is 35.4 Å². The zero-order chi connectivity index (χ0) is 15.4. The number of benzene rings is 1. The van der Waals surface area contributed by atoms with E-state index in [0.717, 1.165) is 22.9 Å². The summed E-state index contributed by atoms with van der Waals surface area (Å²) in [5.41, 5.74) is 8.04. The lowest BCUT2D eigenvalue weighted by atomic mass is 10.1. The van der Waals surface area contributed by atoms with E-state index in [4.69, 9.17) is 15.6 Å². The van der Waals surface area contributed by atoms with Crippen LogP contribution in [-0.4, -0.2) is 42.8 Å². The van der Waals surface area contributed by atoms with E-state index < -0.39 is 17.9 Å². The molecule has 0 bridgehead atoms. The molecule has 0 spiro atoms. The van der Waals surface area contributed by atoms with Crippen molar-refractivity contribution in [3.63, 3.8) is 0 Å². The molecule has 1 fully saturated rings.